The van der Waals surface area contributed by atoms with Crippen molar-refractivity contribution in [1.29, 1.82) is 0 Å². The Labute approximate surface area is 376 Å². The standard InChI is InChI=1S/C47H52N10O8/c1-8-39(58)50-33-23-34(51-47-49-25-30(46(63)65-27(2)3)42(53-47)31-26-56(6)35-16-10-9-13-28(31)35)38(64-7)24-37(33)55(5)22-21-54(4)20-12-19-48-32-15-11-14-29-41(32)45(62)57(44(29)61)36-17-18-40(59)52-43(36)60/h8-11,13-16,23-27,36,48H,1,12,17-22H2,2-7H3,(H,50,58)(H,49,51,53)(H,52,59,60). The van der Waals surface area contributed by atoms with Gasteiger partial charge in [-0.2, -0.15) is 0 Å². The van der Waals surface area contributed by atoms with Crippen molar-refractivity contribution in [1.82, 2.24) is 29.7 Å². The number of methoxy groups -OCH3 is 1. The minimum Gasteiger partial charge on any atom is -0.494 e. The summed E-state index contributed by atoms with van der Waals surface area (Å²) in [5, 5.41) is 12.6. The molecule has 2 aliphatic heterocycles. The molecule has 0 bridgehead atoms. The lowest BCUT2D eigenvalue weighted by molar-refractivity contribution is -0.136. The fourth-order valence-corrected chi connectivity index (χ4v) is 7.95. The number of ether oxygens (including phenoxy) is 2. The van der Waals surface area contributed by atoms with Crippen molar-refractivity contribution in [3.05, 3.63) is 96.3 Å². The first kappa shape index (κ1) is 45.4. The van der Waals surface area contributed by atoms with Crippen molar-refractivity contribution in [2.24, 2.45) is 7.05 Å². The number of imide groups is 2. The van der Waals surface area contributed by atoms with Crippen LogP contribution < -0.4 is 30.9 Å². The number of fused-ring (bicyclic) bond motifs is 2. The second kappa shape index (κ2) is 19.4. The first-order valence-corrected chi connectivity index (χ1v) is 21.2. The van der Waals surface area contributed by atoms with E-state index in [1.807, 2.05) is 61.1 Å². The van der Waals surface area contributed by atoms with Crippen molar-refractivity contribution in [2.75, 3.05) is 68.2 Å². The van der Waals surface area contributed by atoms with Gasteiger partial charge in [0.15, 0.2) is 0 Å². The van der Waals surface area contributed by atoms with E-state index >= 15 is 0 Å². The van der Waals surface area contributed by atoms with Crippen LogP contribution >= 0.6 is 0 Å². The van der Waals surface area contributed by atoms with Crippen molar-refractivity contribution in [3.8, 4) is 17.0 Å². The number of amides is 5. The molecule has 5 aromatic rings. The molecular formula is C47H52N10O8. The maximum atomic E-state index is 13.5. The zero-order valence-corrected chi connectivity index (χ0v) is 37.2. The molecule has 2 aliphatic rings. The second-order valence-corrected chi connectivity index (χ2v) is 16.1. The maximum Gasteiger partial charge on any atom is 0.342 e. The summed E-state index contributed by atoms with van der Waals surface area (Å²) in [5.74, 6) is -2.55. The number of aryl methyl sites for hydroxylation is 1. The molecule has 2 aromatic heterocycles. The Bertz CT molecular complexity index is 2710. The van der Waals surface area contributed by atoms with Gasteiger partial charge in [-0.3, -0.25) is 34.2 Å². The van der Waals surface area contributed by atoms with E-state index in [0.717, 1.165) is 21.4 Å². The second-order valence-electron chi connectivity index (χ2n) is 16.1. The van der Waals surface area contributed by atoms with E-state index in [1.165, 1.54) is 19.4 Å². The van der Waals surface area contributed by atoms with E-state index in [-0.39, 0.29) is 41.6 Å². The molecular weight excluding hydrogens is 833 g/mol. The number of likely N-dealkylation sites (N-methyl/N-ethyl adjacent to an activating group) is 2. The predicted molar refractivity (Wildman–Crippen MR) is 247 cm³/mol. The topological polar surface area (TPSA) is 209 Å². The van der Waals surface area contributed by atoms with E-state index in [2.05, 4.69) is 37.7 Å². The molecule has 1 saturated heterocycles. The van der Waals surface area contributed by atoms with Crippen LogP contribution in [0.3, 0.4) is 0 Å². The van der Waals surface area contributed by atoms with E-state index in [4.69, 9.17) is 14.5 Å². The van der Waals surface area contributed by atoms with Gasteiger partial charge in [0, 0.05) is 80.8 Å². The number of carbonyl (C=O) groups excluding carboxylic acids is 6. The van der Waals surface area contributed by atoms with E-state index in [0.29, 0.717) is 66.8 Å². The number of para-hydroxylation sites is 1. The van der Waals surface area contributed by atoms with Gasteiger partial charge in [-0.15, -0.1) is 0 Å². The monoisotopic (exact) mass is 884 g/mol. The lowest BCUT2D eigenvalue weighted by atomic mass is 10.0. The van der Waals surface area contributed by atoms with Crippen LogP contribution in [0.4, 0.5) is 28.7 Å². The molecule has 18 heteroatoms. The number of hydrogen-bond donors (Lipinski definition) is 4. The lowest BCUT2D eigenvalue weighted by Crippen LogP contribution is -2.54. The van der Waals surface area contributed by atoms with Crippen molar-refractivity contribution < 1.29 is 38.2 Å². The van der Waals surface area contributed by atoms with Crippen molar-refractivity contribution >= 4 is 75.1 Å². The minimum atomic E-state index is -1.04. The van der Waals surface area contributed by atoms with Crippen LogP contribution in [0.15, 0.2) is 79.6 Å². The summed E-state index contributed by atoms with van der Waals surface area (Å²) in [6.07, 6.45) is 5.00. The minimum absolute atomic E-state index is 0.0463. The van der Waals surface area contributed by atoms with Crippen LogP contribution in [0.2, 0.25) is 0 Å². The molecule has 5 amide bonds. The Morgan fingerprint density at radius 1 is 0.985 bits per heavy atom. The number of esters is 1. The molecule has 4 N–H and O–H groups in total. The van der Waals surface area contributed by atoms with Crippen LogP contribution in [0.25, 0.3) is 22.2 Å². The van der Waals surface area contributed by atoms with E-state index in [9.17, 15) is 28.8 Å². The predicted octanol–water partition coefficient (Wildman–Crippen LogP) is 5.35. The Balaban J connectivity index is 1.03. The molecule has 1 unspecified atom stereocenters. The first-order chi connectivity index (χ1) is 31.2. The maximum absolute atomic E-state index is 13.5. The smallest absolute Gasteiger partial charge is 0.342 e. The summed E-state index contributed by atoms with van der Waals surface area (Å²) in [5.41, 5.74) is 4.80. The molecule has 4 heterocycles. The highest BCUT2D eigenvalue weighted by Gasteiger charge is 2.45. The largest absolute Gasteiger partial charge is 0.494 e. The van der Waals surface area contributed by atoms with Crippen LogP contribution in [0.1, 0.15) is 64.2 Å². The fraction of sp³-hybridized carbons (Fsp3) is 0.319. The molecule has 0 aliphatic carbocycles. The van der Waals surface area contributed by atoms with Crippen LogP contribution in [-0.4, -0.2) is 119 Å². The number of aromatic nitrogens is 3. The number of anilines is 5. The van der Waals surface area contributed by atoms with Gasteiger partial charge in [-0.1, -0.05) is 30.8 Å². The van der Waals surface area contributed by atoms with Gasteiger partial charge >= 0.3 is 5.97 Å². The van der Waals surface area contributed by atoms with Gasteiger partial charge in [0.1, 0.15) is 17.4 Å². The molecule has 65 heavy (non-hydrogen) atoms. The highest BCUT2D eigenvalue weighted by molar-refractivity contribution is 6.25. The highest BCUT2D eigenvalue weighted by Crippen LogP contribution is 2.39. The Morgan fingerprint density at radius 3 is 2.51 bits per heavy atom. The van der Waals surface area contributed by atoms with Crippen LogP contribution in [-0.2, 0) is 26.2 Å². The SMILES string of the molecule is C=CC(=O)Nc1cc(Nc2ncc(C(=O)OC(C)C)c(-c3cn(C)c4ccccc34)n2)c(OC)cc1N(C)CCN(C)CCCNc1cccc2c1C(=O)N(C1CCC(=O)NC1=O)C2=O. The van der Waals surface area contributed by atoms with Gasteiger partial charge in [0.05, 0.1) is 47.1 Å². The quantitative estimate of drug-likeness (QED) is 0.0379. The van der Waals surface area contributed by atoms with Gasteiger partial charge in [0.2, 0.25) is 23.7 Å². The Morgan fingerprint density at radius 2 is 1.77 bits per heavy atom. The van der Waals surface area contributed by atoms with E-state index < -0.39 is 41.5 Å². The summed E-state index contributed by atoms with van der Waals surface area (Å²) in [7, 11) is 7.35. The number of nitrogens with zero attached hydrogens (tertiary/aromatic N) is 6. The summed E-state index contributed by atoms with van der Waals surface area (Å²) >= 11 is 0. The Kier molecular flexibility index (Phi) is 13.6. The summed E-state index contributed by atoms with van der Waals surface area (Å²) in [6, 6.07) is 15.3. The van der Waals surface area contributed by atoms with Crippen molar-refractivity contribution in [3.63, 3.8) is 0 Å². The molecule has 7 rings (SSSR count). The summed E-state index contributed by atoms with van der Waals surface area (Å²) < 4.78 is 13.4. The number of piperidine rings is 1. The summed E-state index contributed by atoms with van der Waals surface area (Å²) in [4.78, 5) is 91.4. The lowest BCUT2D eigenvalue weighted by Gasteiger charge is -2.27. The third kappa shape index (κ3) is 9.67. The summed E-state index contributed by atoms with van der Waals surface area (Å²) in [6.45, 7) is 9.56. The molecule has 1 fully saturated rings. The molecule has 0 spiro atoms. The normalized spacial score (nSPS) is 14.7. The van der Waals surface area contributed by atoms with Crippen LogP contribution in [0.5, 0.6) is 5.75 Å². The molecule has 3 aromatic carbocycles. The van der Waals surface area contributed by atoms with E-state index in [1.54, 1.807) is 44.2 Å². The average molecular weight is 885 g/mol. The number of hydrogen-bond acceptors (Lipinski definition) is 14. The average Bonchev–Trinajstić information content (AvgIpc) is 3.75. The third-order valence-electron chi connectivity index (χ3n) is 11.2. The fourth-order valence-electron chi connectivity index (χ4n) is 7.95. The van der Waals surface area contributed by atoms with Crippen molar-refractivity contribution in [2.45, 2.75) is 45.3 Å². The molecule has 18 nitrogen and oxygen atoms in total. The van der Waals surface area contributed by atoms with Gasteiger partial charge in [-0.25, -0.2) is 14.8 Å². The van der Waals surface area contributed by atoms with Gasteiger partial charge in [-0.05, 0) is 70.6 Å². The molecule has 0 radical (unpaired) electrons. The van der Waals surface area contributed by atoms with Gasteiger partial charge < -0.3 is 39.8 Å². The number of benzene rings is 3. The molecule has 338 valence electrons. The Hall–Kier alpha value is -7.60. The number of nitrogens with one attached hydrogen (secondary N) is 4. The third-order valence-corrected chi connectivity index (χ3v) is 11.2. The zero-order valence-electron chi connectivity index (χ0n) is 37.2. The zero-order chi connectivity index (χ0) is 46.5. The number of rotatable bonds is 18. The molecule has 1 atom stereocenters. The first-order valence-electron chi connectivity index (χ1n) is 21.2. The highest BCUT2D eigenvalue weighted by atomic mass is 16.5. The van der Waals surface area contributed by atoms with Gasteiger partial charge in [0.25, 0.3) is 11.8 Å². The molecule has 0 saturated carbocycles. The number of carbonyl (C=O) groups is 6. The van der Waals surface area contributed by atoms with Crippen LogP contribution in [0, 0.1) is 0 Å².